The monoisotopic (exact) mass is 222 g/mol. The molecule has 1 aromatic heterocycles. The van der Waals surface area contributed by atoms with Crippen LogP contribution in [0.15, 0.2) is 27.4 Å². The van der Waals surface area contributed by atoms with Gasteiger partial charge in [-0.3, -0.25) is 14.3 Å². The maximum Gasteiger partial charge on any atom is 0.328 e. The van der Waals surface area contributed by atoms with E-state index in [1.54, 1.807) is 13.1 Å². The lowest BCUT2D eigenvalue weighted by molar-refractivity contribution is 0.328. The quantitative estimate of drug-likeness (QED) is 0.697. The summed E-state index contributed by atoms with van der Waals surface area (Å²) in [6.45, 7) is 1.70. The predicted octanol–water partition coefficient (Wildman–Crippen LogP) is 0.0986. The third-order valence-electron chi connectivity index (χ3n) is 2.90. The number of rotatable bonds is 2. The van der Waals surface area contributed by atoms with Crippen molar-refractivity contribution in [2.75, 3.05) is 6.61 Å². The summed E-state index contributed by atoms with van der Waals surface area (Å²) in [4.78, 5) is 25.1. The minimum atomic E-state index is -0.393. The van der Waals surface area contributed by atoms with Crippen LogP contribution in [0.3, 0.4) is 0 Å². The van der Waals surface area contributed by atoms with Gasteiger partial charge < -0.3 is 5.11 Å². The molecule has 2 rings (SSSR count). The number of aromatic nitrogens is 2. The van der Waals surface area contributed by atoms with Crippen LogP contribution in [0.2, 0.25) is 0 Å². The van der Waals surface area contributed by atoms with Crippen molar-refractivity contribution in [3.8, 4) is 0 Å². The molecule has 2 N–H and O–H groups in total. The number of hydrogen-bond acceptors (Lipinski definition) is 3. The number of nitrogens with one attached hydrogen (secondary N) is 1. The van der Waals surface area contributed by atoms with E-state index in [0.717, 1.165) is 18.4 Å². The molecule has 0 aromatic carbocycles. The Kier molecular flexibility index (Phi) is 2.78. The fourth-order valence-corrected chi connectivity index (χ4v) is 1.96. The third-order valence-corrected chi connectivity index (χ3v) is 2.90. The molecule has 0 spiro atoms. The maximum absolute atomic E-state index is 11.6. The largest absolute Gasteiger partial charge is 0.392 e. The standard InChI is InChI=1S/C11H14N2O3/c1-7-5-13(11(16)12-10(7)15)9-3-2-8(4-9)6-14/h4-5,9,14H,2-3,6H2,1H3,(H,12,15,16)/t9-/m0/s1. The fraction of sp³-hybridized carbons (Fsp3) is 0.455. The molecule has 1 aromatic rings. The van der Waals surface area contributed by atoms with Crippen molar-refractivity contribution in [3.63, 3.8) is 0 Å². The average Bonchev–Trinajstić information content (AvgIpc) is 2.71. The summed E-state index contributed by atoms with van der Waals surface area (Å²) in [5.74, 6) is 0. The molecule has 0 aliphatic heterocycles. The summed E-state index contributed by atoms with van der Waals surface area (Å²) in [6.07, 6.45) is 5.05. The Morgan fingerprint density at radius 3 is 2.94 bits per heavy atom. The smallest absolute Gasteiger partial charge is 0.328 e. The van der Waals surface area contributed by atoms with E-state index in [4.69, 9.17) is 5.11 Å². The second-order valence-electron chi connectivity index (χ2n) is 4.07. The number of aryl methyl sites for hydroxylation is 1. The first-order valence-corrected chi connectivity index (χ1v) is 5.24. The van der Waals surface area contributed by atoms with E-state index in [2.05, 4.69) is 4.98 Å². The van der Waals surface area contributed by atoms with Gasteiger partial charge in [-0.15, -0.1) is 0 Å². The van der Waals surface area contributed by atoms with Crippen LogP contribution in [0.5, 0.6) is 0 Å². The van der Waals surface area contributed by atoms with Crippen molar-refractivity contribution >= 4 is 0 Å². The van der Waals surface area contributed by atoms with Gasteiger partial charge in [-0.1, -0.05) is 6.08 Å². The third kappa shape index (κ3) is 1.86. The predicted molar refractivity (Wildman–Crippen MR) is 59.5 cm³/mol. The lowest BCUT2D eigenvalue weighted by atomic mass is 10.2. The Morgan fingerprint density at radius 2 is 2.31 bits per heavy atom. The Bertz CT molecular complexity index is 539. The molecule has 0 radical (unpaired) electrons. The molecule has 1 aliphatic rings. The van der Waals surface area contributed by atoms with Gasteiger partial charge >= 0.3 is 5.69 Å². The minimum Gasteiger partial charge on any atom is -0.392 e. The molecule has 86 valence electrons. The summed E-state index contributed by atoms with van der Waals surface area (Å²) >= 11 is 0. The van der Waals surface area contributed by atoms with E-state index in [1.165, 1.54) is 4.57 Å². The maximum atomic E-state index is 11.6. The molecule has 1 atom stereocenters. The van der Waals surface area contributed by atoms with E-state index in [-0.39, 0.29) is 18.2 Å². The lowest BCUT2D eigenvalue weighted by Gasteiger charge is -2.11. The van der Waals surface area contributed by atoms with Gasteiger partial charge in [-0.05, 0) is 25.3 Å². The highest BCUT2D eigenvalue weighted by atomic mass is 16.3. The highest BCUT2D eigenvalue weighted by Crippen LogP contribution is 2.26. The molecule has 1 heterocycles. The first-order chi connectivity index (χ1) is 7.61. The number of hydrogen-bond donors (Lipinski definition) is 2. The number of aromatic amines is 1. The molecule has 0 amide bonds. The summed E-state index contributed by atoms with van der Waals surface area (Å²) in [5, 5.41) is 8.99. The van der Waals surface area contributed by atoms with Crippen LogP contribution >= 0.6 is 0 Å². The summed E-state index contributed by atoms with van der Waals surface area (Å²) in [5.41, 5.74) is 0.729. The Labute approximate surface area is 92.1 Å². The summed E-state index contributed by atoms with van der Waals surface area (Å²) < 4.78 is 1.51. The van der Waals surface area contributed by atoms with Crippen LogP contribution in [-0.2, 0) is 0 Å². The van der Waals surface area contributed by atoms with Crippen molar-refractivity contribution in [3.05, 3.63) is 44.2 Å². The molecule has 0 saturated carbocycles. The van der Waals surface area contributed by atoms with Crippen LogP contribution in [0.25, 0.3) is 0 Å². The van der Waals surface area contributed by atoms with Crippen LogP contribution in [-0.4, -0.2) is 21.3 Å². The van der Waals surface area contributed by atoms with Gasteiger partial charge in [-0.25, -0.2) is 4.79 Å². The van der Waals surface area contributed by atoms with Crippen molar-refractivity contribution in [1.82, 2.24) is 9.55 Å². The molecule has 5 nitrogen and oxygen atoms in total. The van der Waals surface area contributed by atoms with E-state index in [1.807, 2.05) is 6.08 Å². The number of aliphatic hydroxyl groups is 1. The number of allylic oxidation sites excluding steroid dienone is 1. The van der Waals surface area contributed by atoms with E-state index in [9.17, 15) is 9.59 Å². The highest BCUT2D eigenvalue weighted by Gasteiger charge is 2.18. The molecule has 0 saturated heterocycles. The zero-order valence-corrected chi connectivity index (χ0v) is 9.06. The number of H-pyrrole nitrogens is 1. The Hall–Kier alpha value is -1.62. The fourth-order valence-electron chi connectivity index (χ4n) is 1.96. The molecule has 0 bridgehead atoms. The van der Waals surface area contributed by atoms with Crippen LogP contribution in [0, 0.1) is 6.92 Å². The SMILES string of the molecule is Cc1cn([C@@H]2C=C(CO)CC2)c(=O)[nH]c1=O. The van der Waals surface area contributed by atoms with Gasteiger partial charge in [0.05, 0.1) is 12.6 Å². The zero-order valence-electron chi connectivity index (χ0n) is 9.06. The Morgan fingerprint density at radius 1 is 1.56 bits per heavy atom. The lowest BCUT2D eigenvalue weighted by Crippen LogP contribution is -2.32. The molecular weight excluding hydrogens is 208 g/mol. The van der Waals surface area contributed by atoms with Gasteiger partial charge in [-0.2, -0.15) is 0 Å². The van der Waals surface area contributed by atoms with Crippen LogP contribution in [0.4, 0.5) is 0 Å². The number of aliphatic hydroxyl groups excluding tert-OH is 1. The summed E-state index contributed by atoms with van der Waals surface area (Å²) in [7, 11) is 0. The van der Waals surface area contributed by atoms with Crippen molar-refractivity contribution in [2.45, 2.75) is 25.8 Å². The van der Waals surface area contributed by atoms with Gasteiger partial charge in [0.1, 0.15) is 0 Å². The second-order valence-corrected chi connectivity index (χ2v) is 4.07. The first kappa shape index (κ1) is 10.9. The molecule has 1 aliphatic carbocycles. The number of nitrogens with zero attached hydrogens (tertiary/aromatic N) is 1. The van der Waals surface area contributed by atoms with Crippen molar-refractivity contribution in [1.29, 1.82) is 0 Å². The van der Waals surface area contributed by atoms with Gasteiger partial charge in [0, 0.05) is 11.8 Å². The minimum absolute atomic E-state index is 0.0353. The normalized spacial score (nSPS) is 19.9. The van der Waals surface area contributed by atoms with Crippen LogP contribution in [0.1, 0.15) is 24.4 Å². The van der Waals surface area contributed by atoms with Gasteiger partial charge in [0.2, 0.25) is 0 Å². The molecule has 5 heteroatoms. The summed E-state index contributed by atoms with van der Waals surface area (Å²) in [6, 6.07) is -0.0507. The van der Waals surface area contributed by atoms with E-state index < -0.39 is 5.69 Å². The van der Waals surface area contributed by atoms with E-state index >= 15 is 0 Å². The molecule has 0 unspecified atom stereocenters. The molecule has 16 heavy (non-hydrogen) atoms. The molecule has 0 fully saturated rings. The van der Waals surface area contributed by atoms with Crippen molar-refractivity contribution in [2.24, 2.45) is 0 Å². The van der Waals surface area contributed by atoms with Crippen molar-refractivity contribution < 1.29 is 5.11 Å². The first-order valence-electron chi connectivity index (χ1n) is 5.24. The average molecular weight is 222 g/mol. The van der Waals surface area contributed by atoms with E-state index in [0.29, 0.717) is 5.56 Å². The second kappa shape index (κ2) is 4.09. The highest BCUT2D eigenvalue weighted by molar-refractivity contribution is 5.14. The zero-order chi connectivity index (χ0) is 11.7. The topological polar surface area (TPSA) is 75.1 Å². The van der Waals surface area contributed by atoms with Crippen LogP contribution < -0.4 is 11.2 Å². The van der Waals surface area contributed by atoms with Gasteiger partial charge in [0.25, 0.3) is 5.56 Å². The molecular formula is C11H14N2O3. The van der Waals surface area contributed by atoms with Gasteiger partial charge in [0.15, 0.2) is 0 Å². The Balaban J connectivity index is 2.43.